The van der Waals surface area contributed by atoms with Gasteiger partial charge < -0.3 is 15.4 Å². The summed E-state index contributed by atoms with van der Waals surface area (Å²) in [5, 5.41) is 14.5. The van der Waals surface area contributed by atoms with Crippen LogP contribution in [-0.2, 0) is 24.4 Å². The van der Waals surface area contributed by atoms with Gasteiger partial charge in [-0.15, -0.1) is 0 Å². The molecule has 0 saturated heterocycles. The minimum atomic E-state index is -1.02. The van der Waals surface area contributed by atoms with Gasteiger partial charge in [0.15, 0.2) is 0 Å². The number of aliphatic carboxylic acids is 1. The number of amides is 1. The van der Waals surface area contributed by atoms with Crippen molar-refractivity contribution in [3.63, 3.8) is 0 Å². The molecular weight excluding hydrogens is 472 g/mol. The first-order valence-corrected chi connectivity index (χ1v) is 13.2. The molecule has 36 heavy (non-hydrogen) atoms. The Kier molecular flexibility index (Phi) is 8.76. The van der Waals surface area contributed by atoms with Crippen LogP contribution in [0.15, 0.2) is 79.3 Å². The molecule has 0 aliphatic rings. The van der Waals surface area contributed by atoms with Crippen LogP contribution in [0.2, 0.25) is 0 Å². The number of rotatable bonds is 12. The van der Waals surface area contributed by atoms with E-state index in [2.05, 4.69) is 50.5 Å². The fourth-order valence-electron chi connectivity index (χ4n) is 4.18. The molecule has 3 aromatic carbocycles. The number of fused-ring (bicyclic) bond motifs is 1. The smallest absolute Gasteiger partial charge is 0.326 e. The lowest BCUT2D eigenvalue weighted by Crippen LogP contribution is -2.41. The number of aromatic nitrogens is 2. The lowest BCUT2D eigenvalue weighted by molar-refractivity contribution is -0.139. The third-order valence-corrected chi connectivity index (χ3v) is 6.62. The molecule has 1 heterocycles. The van der Waals surface area contributed by atoms with Gasteiger partial charge >= 0.3 is 5.97 Å². The van der Waals surface area contributed by atoms with Gasteiger partial charge in [0.1, 0.15) is 6.04 Å². The highest BCUT2D eigenvalue weighted by molar-refractivity contribution is 7.98. The number of nitrogens with one attached hydrogen (secondary N) is 2. The van der Waals surface area contributed by atoms with E-state index < -0.39 is 12.0 Å². The fourth-order valence-corrected chi connectivity index (χ4v) is 4.65. The average Bonchev–Trinajstić information content (AvgIpc) is 3.39. The normalized spacial score (nSPS) is 12.1. The van der Waals surface area contributed by atoms with Crippen molar-refractivity contribution in [1.82, 2.24) is 20.2 Å². The molecule has 1 amide bonds. The maximum atomic E-state index is 12.8. The monoisotopic (exact) mass is 502 g/mol. The first kappa shape index (κ1) is 25.5. The minimum absolute atomic E-state index is 0.375. The highest BCUT2D eigenvalue weighted by Gasteiger charge is 2.20. The maximum absolute atomic E-state index is 12.8. The number of thioether (sulfide) groups is 1. The number of carbonyl (C=O) groups excluding carboxylic acids is 1. The number of hydrogen-bond donors (Lipinski definition) is 3. The summed E-state index contributed by atoms with van der Waals surface area (Å²) in [7, 11) is 0. The average molecular weight is 503 g/mol. The van der Waals surface area contributed by atoms with Gasteiger partial charge in [-0.2, -0.15) is 11.8 Å². The number of carbonyl (C=O) groups is 2. The first-order chi connectivity index (χ1) is 17.5. The Labute approximate surface area is 214 Å². The molecule has 0 aliphatic heterocycles. The Morgan fingerprint density at radius 3 is 2.50 bits per heavy atom. The van der Waals surface area contributed by atoms with Gasteiger partial charge in [0.25, 0.3) is 5.91 Å². The third-order valence-electron chi connectivity index (χ3n) is 5.98. The van der Waals surface area contributed by atoms with Crippen LogP contribution in [0.3, 0.4) is 0 Å². The van der Waals surface area contributed by atoms with Crippen molar-refractivity contribution >= 4 is 34.4 Å². The predicted octanol–water partition coefficient (Wildman–Crippen LogP) is 4.70. The third kappa shape index (κ3) is 6.96. The summed E-state index contributed by atoms with van der Waals surface area (Å²) >= 11 is 1.55. The summed E-state index contributed by atoms with van der Waals surface area (Å²) in [6.45, 7) is 2.00. The second-order valence-corrected chi connectivity index (χ2v) is 9.74. The molecule has 0 saturated carbocycles. The summed E-state index contributed by atoms with van der Waals surface area (Å²) in [5.74, 6) is -0.732. The van der Waals surface area contributed by atoms with Crippen LogP contribution in [0.5, 0.6) is 0 Å². The predicted molar refractivity (Wildman–Crippen MR) is 144 cm³/mol. The van der Waals surface area contributed by atoms with Crippen molar-refractivity contribution in [2.24, 2.45) is 0 Å². The molecule has 0 radical (unpaired) electrons. The second-order valence-electron chi connectivity index (χ2n) is 8.75. The number of benzene rings is 3. The van der Waals surface area contributed by atoms with E-state index in [1.807, 2.05) is 42.8 Å². The summed E-state index contributed by atoms with van der Waals surface area (Å²) in [5.41, 5.74) is 3.62. The van der Waals surface area contributed by atoms with Crippen molar-refractivity contribution in [2.75, 3.05) is 12.0 Å². The summed E-state index contributed by atoms with van der Waals surface area (Å²) in [6.07, 6.45) is 5.78. The number of hydrogen-bond acceptors (Lipinski definition) is 5. The van der Waals surface area contributed by atoms with E-state index in [-0.39, 0.29) is 5.91 Å². The molecule has 0 fully saturated rings. The molecule has 0 aliphatic carbocycles. The molecule has 4 aromatic rings. The lowest BCUT2D eigenvalue weighted by atomic mass is 10.1. The first-order valence-electron chi connectivity index (χ1n) is 11.8. The largest absolute Gasteiger partial charge is 0.480 e. The Morgan fingerprint density at radius 1 is 1.00 bits per heavy atom. The molecule has 1 atom stereocenters. The fraction of sp³-hybridized carbons (Fsp3) is 0.250. The second kappa shape index (κ2) is 12.4. The van der Waals surface area contributed by atoms with Gasteiger partial charge in [-0.1, -0.05) is 48.5 Å². The van der Waals surface area contributed by atoms with Gasteiger partial charge in [-0.3, -0.25) is 9.69 Å². The number of carboxylic acid groups (broad SMARTS) is 1. The van der Waals surface area contributed by atoms with Crippen molar-refractivity contribution in [3.05, 3.63) is 102 Å². The number of imidazole rings is 1. The highest BCUT2D eigenvalue weighted by atomic mass is 32.2. The quantitative estimate of drug-likeness (QED) is 0.260. The van der Waals surface area contributed by atoms with E-state index >= 15 is 0 Å². The van der Waals surface area contributed by atoms with E-state index in [1.54, 1.807) is 24.2 Å². The SMILES string of the molecule is CSCC[C@H](NC(=O)c1cccc(CN(Cc2ccc3ccccc3c2)Cc2cnc[nH]2)c1)C(=O)O. The van der Waals surface area contributed by atoms with Crippen LogP contribution in [0.1, 0.15) is 33.6 Å². The molecular formula is C28H30N4O3S. The van der Waals surface area contributed by atoms with Crippen LogP contribution < -0.4 is 5.32 Å². The van der Waals surface area contributed by atoms with Gasteiger partial charge in [-0.25, -0.2) is 9.78 Å². The van der Waals surface area contributed by atoms with Crippen LogP contribution in [-0.4, -0.2) is 49.9 Å². The van der Waals surface area contributed by atoms with Crippen LogP contribution in [0.4, 0.5) is 0 Å². The van der Waals surface area contributed by atoms with Crippen molar-refractivity contribution < 1.29 is 14.7 Å². The Balaban J connectivity index is 1.51. The zero-order chi connectivity index (χ0) is 25.3. The van der Waals surface area contributed by atoms with E-state index in [0.29, 0.717) is 30.8 Å². The lowest BCUT2D eigenvalue weighted by Gasteiger charge is -2.22. The minimum Gasteiger partial charge on any atom is -0.480 e. The Bertz CT molecular complexity index is 1310. The standard InChI is InChI=1S/C28H30N4O3S/c1-36-12-11-26(28(34)35)31-27(33)24-8-4-5-20(14-24)16-32(18-25-15-29-19-30-25)17-21-9-10-22-6-2-3-7-23(22)13-21/h2-10,13-15,19,26H,11-12,16-18H2,1H3,(H,29,30)(H,31,33)(H,34,35)/t26-/m0/s1. The molecule has 7 nitrogen and oxygen atoms in total. The van der Waals surface area contributed by atoms with E-state index in [9.17, 15) is 14.7 Å². The van der Waals surface area contributed by atoms with E-state index in [0.717, 1.165) is 17.8 Å². The molecule has 3 N–H and O–H groups in total. The Hall–Kier alpha value is -3.62. The molecule has 186 valence electrons. The Morgan fingerprint density at radius 2 is 1.78 bits per heavy atom. The highest BCUT2D eigenvalue weighted by Crippen LogP contribution is 2.19. The van der Waals surface area contributed by atoms with E-state index in [1.165, 1.54) is 16.3 Å². The molecule has 0 bridgehead atoms. The number of carboxylic acids is 1. The zero-order valence-electron chi connectivity index (χ0n) is 20.2. The van der Waals surface area contributed by atoms with E-state index in [4.69, 9.17) is 0 Å². The zero-order valence-corrected chi connectivity index (χ0v) is 21.0. The van der Waals surface area contributed by atoms with Gasteiger partial charge in [-0.05, 0) is 58.5 Å². The van der Waals surface area contributed by atoms with Gasteiger partial charge in [0.2, 0.25) is 0 Å². The van der Waals surface area contributed by atoms with Crippen molar-refractivity contribution in [2.45, 2.75) is 32.1 Å². The van der Waals surface area contributed by atoms with Crippen LogP contribution >= 0.6 is 11.8 Å². The summed E-state index contributed by atoms with van der Waals surface area (Å²) < 4.78 is 0. The summed E-state index contributed by atoms with van der Waals surface area (Å²) in [6, 6.07) is 21.3. The molecule has 1 aromatic heterocycles. The molecule has 8 heteroatoms. The molecule has 4 rings (SSSR count). The van der Waals surface area contributed by atoms with Crippen LogP contribution in [0.25, 0.3) is 10.8 Å². The molecule has 0 spiro atoms. The van der Waals surface area contributed by atoms with Crippen molar-refractivity contribution in [1.29, 1.82) is 0 Å². The summed E-state index contributed by atoms with van der Waals surface area (Å²) in [4.78, 5) is 34.0. The van der Waals surface area contributed by atoms with Gasteiger partial charge in [0.05, 0.1) is 6.33 Å². The van der Waals surface area contributed by atoms with Crippen molar-refractivity contribution in [3.8, 4) is 0 Å². The van der Waals surface area contributed by atoms with Gasteiger partial charge in [0, 0.05) is 37.1 Å². The number of aromatic amines is 1. The topological polar surface area (TPSA) is 98.3 Å². The van der Waals surface area contributed by atoms with Crippen LogP contribution in [0, 0.1) is 0 Å². The number of H-pyrrole nitrogens is 1. The molecule has 0 unspecified atom stereocenters. The number of nitrogens with zero attached hydrogens (tertiary/aromatic N) is 2. The maximum Gasteiger partial charge on any atom is 0.326 e.